The van der Waals surface area contributed by atoms with Crippen molar-refractivity contribution in [3.63, 3.8) is 0 Å². The molecule has 1 saturated heterocycles. The molecule has 94 valence electrons. The molecule has 17 heavy (non-hydrogen) atoms. The number of halogens is 2. The Hall–Kier alpha value is -0.620. The largest absolute Gasteiger partial charge is 0.388 e. The van der Waals surface area contributed by atoms with E-state index < -0.39 is 5.60 Å². The van der Waals surface area contributed by atoms with Gasteiger partial charge in [-0.1, -0.05) is 11.6 Å². The van der Waals surface area contributed by atoms with Crippen LogP contribution in [0.15, 0.2) is 6.20 Å². The van der Waals surface area contributed by atoms with Crippen LogP contribution in [0.4, 0.5) is 5.82 Å². The fraction of sp³-hybridized carbons (Fsp3) is 0.600. The van der Waals surface area contributed by atoms with E-state index in [1.54, 1.807) is 0 Å². The first-order valence-electron chi connectivity index (χ1n) is 5.31. The number of aliphatic hydroxyl groups is 1. The Morgan fingerprint density at radius 1 is 1.41 bits per heavy atom. The van der Waals surface area contributed by atoms with Crippen molar-refractivity contribution < 1.29 is 9.84 Å². The summed E-state index contributed by atoms with van der Waals surface area (Å²) in [6, 6.07) is 0. The molecule has 0 atom stereocenters. The molecule has 1 aliphatic heterocycles. The highest BCUT2D eigenvalue weighted by atomic mass is 35.5. The third-order valence-electron chi connectivity index (χ3n) is 2.72. The minimum atomic E-state index is -0.779. The molecule has 0 aromatic carbocycles. The molecule has 0 saturated carbocycles. The second kappa shape index (κ2) is 5.35. The molecule has 1 aliphatic rings. The minimum Gasteiger partial charge on any atom is -0.388 e. The molecule has 2 N–H and O–H groups in total. The van der Waals surface area contributed by atoms with Gasteiger partial charge >= 0.3 is 0 Å². The maximum absolute atomic E-state index is 10.2. The van der Waals surface area contributed by atoms with E-state index in [0.29, 0.717) is 43.4 Å². The lowest BCUT2D eigenvalue weighted by molar-refractivity contribution is -0.0543. The van der Waals surface area contributed by atoms with Crippen molar-refractivity contribution in [2.24, 2.45) is 0 Å². The molecule has 0 unspecified atom stereocenters. The van der Waals surface area contributed by atoms with E-state index >= 15 is 0 Å². The third-order valence-corrected chi connectivity index (χ3v) is 3.18. The summed E-state index contributed by atoms with van der Waals surface area (Å²) in [6.45, 7) is 1.50. The first kappa shape index (κ1) is 12.8. The lowest BCUT2D eigenvalue weighted by Crippen LogP contribution is -2.42. The van der Waals surface area contributed by atoms with Gasteiger partial charge in [0.25, 0.3) is 0 Å². The van der Waals surface area contributed by atoms with Crippen molar-refractivity contribution in [3.8, 4) is 0 Å². The number of hydrogen-bond donors (Lipinski definition) is 2. The van der Waals surface area contributed by atoms with Crippen LogP contribution in [0.3, 0.4) is 0 Å². The lowest BCUT2D eigenvalue weighted by atomic mass is 9.94. The van der Waals surface area contributed by atoms with Gasteiger partial charge in [-0.2, -0.15) is 4.98 Å². The van der Waals surface area contributed by atoms with Gasteiger partial charge in [0.2, 0.25) is 5.28 Å². The van der Waals surface area contributed by atoms with Crippen LogP contribution in [0.25, 0.3) is 0 Å². The number of aromatic nitrogens is 2. The Labute approximate surface area is 109 Å². The molecule has 2 heterocycles. The van der Waals surface area contributed by atoms with Crippen molar-refractivity contribution in [1.82, 2.24) is 9.97 Å². The molecule has 5 nitrogen and oxygen atoms in total. The summed E-state index contributed by atoms with van der Waals surface area (Å²) in [7, 11) is 0. The Kier molecular flexibility index (Phi) is 4.04. The van der Waals surface area contributed by atoms with Crippen LogP contribution in [0, 0.1) is 0 Å². The predicted molar refractivity (Wildman–Crippen MR) is 65.5 cm³/mol. The van der Waals surface area contributed by atoms with E-state index in [1.165, 1.54) is 6.20 Å². The van der Waals surface area contributed by atoms with E-state index in [4.69, 9.17) is 27.9 Å². The molecule has 0 aliphatic carbocycles. The van der Waals surface area contributed by atoms with E-state index in [1.807, 2.05) is 0 Å². The van der Waals surface area contributed by atoms with Crippen LogP contribution < -0.4 is 5.32 Å². The fourth-order valence-electron chi connectivity index (χ4n) is 1.65. The van der Waals surface area contributed by atoms with Crippen LogP contribution in [0.5, 0.6) is 0 Å². The SMILES string of the molecule is OC1(CNc2nc(Cl)ncc2Cl)CCOCC1. The Morgan fingerprint density at radius 3 is 2.82 bits per heavy atom. The Bertz CT molecular complexity index is 397. The van der Waals surface area contributed by atoms with Crippen LogP contribution >= 0.6 is 23.2 Å². The standard InChI is InChI=1S/C10H13Cl2N3O2/c11-7-5-13-9(12)15-8(7)14-6-10(16)1-3-17-4-2-10/h5,16H,1-4,6H2,(H,13,14,15). The van der Waals surface area contributed by atoms with Gasteiger partial charge in [0.1, 0.15) is 10.8 Å². The second-order valence-electron chi connectivity index (χ2n) is 4.03. The summed E-state index contributed by atoms with van der Waals surface area (Å²) in [5.41, 5.74) is -0.779. The summed E-state index contributed by atoms with van der Waals surface area (Å²) in [5.74, 6) is 0.437. The molecule has 0 radical (unpaired) electrons. The smallest absolute Gasteiger partial charge is 0.224 e. The van der Waals surface area contributed by atoms with Gasteiger partial charge in [-0.3, -0.25) is 0 Å². The summed E-state index contributed by atoms with van der Waals surface area (Å²) in [6.07, 6.45) is 2.61. The number of nitrogens with one attached hydrogen (secondary N) is 1. The lowest BCUT2D eigenvalue weighted by Gasteiger charge is -2.32. The molecule has 7 heteroatoms. The van der Waals surface area contributed by atoms with Gasteiger partial charge < -0.3 is 15.2 Å². The van der Waals surface area contributed by atoms with Crippen molar-refractivity contribution in [2.75, 3.05) is 25.1 Å². The molecule has 1 aromatic rings. The number of ether oxygens (including phenoxy) is 1. The highest BCUT2D eigenvalue weighted by Crippen LogP contribution is 2.24. The van der Waals surface area contributed by atoms with Gasteiger partial charge in [-0.05, 0) is 11.6 Å². The Morgan fingerprint density at radius 2 is 2.12 bits per heavy atom. The Balaban J connectivity index is 1.99. The zero-order valence-corrected chi connectivity index (χ0v) is 10.6. The summed E-state index contributed by atoms with van der Waals surface area (Å²) >= 11 is 11.6. The number of rotatable bonds is 3. The summed E-state index contributed by atoms with van der Waals surface area (Å²) in [5, 5.41) is 13.7. The average Bonchev–Trinajstić information content (AvgIpc) is 2.31. The molecular weight excluding hydrogens is 265 g/mol. The van der Waals surface area contributed by atoms with Crippen LogP contribution in [-0.2, 0) is 4.74 Å². The topological polar surface area (TPSA) is 67.3 Å². The van der Waals surface area contributed by atoms with E-state index in [2.05, 4.69) is 15.3 Å². The second-order valence-corrected chi connectivity index (χ2v) is 4.77. The maximum atomic E-state index is 10.2. The molecule has 0 amide bonds. The number of nitrogens with zero attached hydrogens (tertiary/aromatic N) is 2. The zero-order valence-electron chi connectivity index (χ0n) is 9.12. The first-order valence-corrected chi connectivity index (χ1v) is 6.07. The molecule has 2 rings (SSSR count). The molecule has 1 aromatic heterocycles. The van der Waals surface area contributed by atoms with Crippen LogP contribution in [0.1, 0.15) is 12.8 Å². The molecule has 1 fully saturated rings. The van der Waals surface area contributed by atoms with E-state index in [0.717, 1.165) is 0 Å². The van der Waals surface area contributed by atoms with Crippen molar-refractivity contribution in [2.45, 2.75) is 18.4 Å². The first-order chi connectivity index (χ1) is 8.09. The summed E-state index contributed by atoms with van der Waals surface area (Å²) in [4.78, 5) is 7.71. The quantitative estimate of drug-likeness (QED) is 0.824. The normalized spacial score (nSPS) is 19.0. The van der Waals surface area contributed by atoms with E-state index in [-0.39, 0.29) is 5.28 Å². The summed E-state index contributed by atoms with van der Waals surface area (Å²) < 4.78 is 5.20. The minimum absolute atomic E-state index is 0.121. The van der Waals surface area contributed by atoms with E-state index in [9.17, 15) is 5.11 Å². The average molecular weight is 278 g/mol. The number of anilines is 1. The van der Waals surface area contributed by atoms with Crippen LogP contribution in [0.2, 0.25) is 10.3 Å². The molecule has 0 spiro atoms. The van der Waals surface area contributed by atoms with Crippen molar-refractivity contribution in [1.29, 1.82) is 0 Å². The van der Waals surface area contributed by atoms with Crippen LogP contribution in [-0.4, -0.2) is 40.4 Å². The van der Waals surface area contributed by atoms with Gasteiger partial charge in [0, 0.05) is 32.6 Å². The highest BCUT2D eigenvalue weighted by Gasteiger charge is 2.29. The van der Waals surface area contributed by atoms with Gasteiger partial charge in [-0.15, -0.1) is 0 Å². The van der Waals surface area contributed by atoms with Crippen molar-refractivity contribution >= 4 is 29.0 Å². The van der Waals surface area contributed by atoms with Gasteiger partial charge in [-0.25, -0.2) is 4.98 Å². The monoisotopic (exact) mass is 277 g/mol. The van der Waals surface area contributed by atoms with Gasteiger partial charge in [0.15, 0.2) is 0 Å². The predicted octanol–water partition coefficient (Wildman–Crippen LogP) is 1.74. The fourth-order valence-corrected chi connectivity index (χ4v) is 1.94. The molecular formula is C10H13Cl2N3O2. The third kappa shape index (κ3) is 3.42. The highest BCUT2D eigenvalue weighted by molar-refractivity contribution is 6.33. The maximum Gasteiger partial charge on any atom is 0.224 e. The number of hydrogen-bond acceptors (Lipinski definition) is 5. The van der Waals surface area contributed by atoms with Gasteiger partial charge in [0.05, 0.1) is 11.8 Å². The zero-order chi connectivity index (χ0) is 12.3. The van der Waals surface area contributed by atoms with Crippen molar-refractivity contribution in [3.05, 3.63) is 16.5 Å². The molecule has 0 bridgehead atoms.